The number of halogens is 4. The molecule has 1 aliphatic carbocycles. The monoisotopic (exact) mass is 625 g/mol. The van der Waals surface area contributed by atoms with Crippen molar-refractivity contribution in [1.82, 2.24) is 19.9 Å². The maximum atomic E-state index is 16.2. The number of allylic oxidation sites excluding steroid dienone is 2. The molecule has 45 heavy (non-hydrogen) atoms. The van der Waals surface area contributed by atoms with E-state index in [0.29, 0.717) is 53.0 Å². The average molecular weight is 626 g/mol. The highest BCUT2D eigenvalue weighted by Crippen LogP contribution is 2.44. The van der Waals surface area contributed by atoms with E-state index in [9.17, 15) is 18.3 Å². The molecule has 3 aromatic rings. The minimum absolute atomic E-state index is 0.0299. The fourth-order valence-corrected chi connectivity index (χ4v) is 7.62. The standard InChI is InChI=1S/C27H28F4N4O.C8H15N/c1-4-17-20(28)7-6-15-10-16(36)11-18(22(15)17)24-23(29)25-19(12-32-24)26(34-21(5-2)33-25)35-9-8-27(30,31)14(3)13-35;1-7-5-8-3-2-4-9(8)6-7/h10-12,14,36H,4-9,13H2,1-3H3;7-8H,2-6H2,1H3. The Balaban J connectivity index is 0.000000337. The van der Waals surface area contributed by atoms with Gasteiger partial charge in [0, 0.05) is 62.6 Å². The van der Waals surface area contributed by atoms with E-state index >= 15 is 4.39 Å². The highest BCUT2D eigenvalue weighted by Gasteiger charge is 2.42. The molecule has 242 valence electrons. The zero-order valence-electron chi connectivity index (χ0n) is 26.6. The summed E-state index contributed by atoms with van der Waals surface area (Å²) >= 11 is 0. The Labute approximate surface area is 262 Å². The van der Waals surface area contributed by atoms with Crippen LogP contribution in [0.5, 0.6) is 5.75 Å². The van der Waals surface area contributed by atoms with Crippen molar-refractivity contribution in [2.24, 2.45) is 11.8 Å². The number of anilines is 1. The number of nitrogens with zero attached hydrogens (tertiary/aromatic N) is 5. The van der Waals surface area contributed by atoms with Gasteiger partial charge in [0.15, 0.2) is 5.82 Å². The number of rotatable bonds is 4. The Morgan fingerprint density at radius 2 is 1.82 bits per heavy atom. The summed E-state index contributed by atoms with van der Waals surface area (Å²) in [5, 5.41) is 10.7. The zero-order valence-corrected chi connectivity index (χ0v) is 26.6. The quantitative estimate of drug-likeness (QED) is 0.296. The Morgan fingerprint density at radius 1 is 1.02 bits per heavy atom. The predicted octanol–water partition coefficient (Wildman–Crippen LogP) is 8.11. The fourth-order valence-electron chi connectivity index (χ4n) is 7.62. The Bertz CT molecular complexity index is 1610. The molecule has 0 saturated carbocycles. The summed E-state index contributed by atoms with van der Waals surface area (Å²) in [7, 11) is 0. The van der Waals surface area contributed by atoms with Crippen LogP contribution in [0.2, 0.25) is 0 Å². The fraction of sp³-hybridized carbons (Fsp3) is 0.571. The van der Waals surface area contributed by atoms with Crippen LogP contribution in [0.15, 0.2) is 24.2 Å². The molecule has 0 amide bonds. The molecule has 0 radical (unpaired) electrons. The molecule has 3 aliphatic heterocycles. The van der Waals surface area contributed by atoms with Crippen molar-refractivity contribution in [1.29, 1.82) is 0 Å². The summed E-state index contributed by atoms with van der Waals surface area (Å²) in [6.07, 6.45) is 7.00. The molecule has 1 aromatic carbocycles. The lowest BCUT2D eigenvalue weighted by Crippen LogP contribution is -2.46. The third-order valence-corrected chi connectivity index (χ3v) is 10.0. The van der Waals surface area contributed by atoms with Crippen LogP contribution in [0.25, 0.3) is 27.7 Å². The van der Waals surface area contributed by atoms with Crippen LogP contribution in [-0.2, 0) is 12.8 Å². The number of phenolic OH excluding ortho intramolecular Hbond substituents is 1. The van der Waals surface area contributed by atoms with Crippen molar-refractivity contribution >= 4 is 22.3 Å². The minimum Gasteiger partial charge on any atom is -0.508 e. The summed E-state index contributed by atoms with van der Waals surface area (Å²) in [5.41, 5.74) is 2.07. The van der Waals surface area contributed by atoms with Gasteiger partial charge in [0.1, 0.15) is 34.4 Å². The second-order valence-electron chi connectivity index (χ2n) is 13.3. The van der Waals surface area contributed by atoms with E-state index in [1.165, 1.54) is 51.5 Å². The summed E-state index contributed by atoms with van der Waals surface area (Å²) < 4.78 is 59.2. The molecule has 5 heterocycles. The molecule has 0 spiro atoms. The van der Waals surface area contributed by atoms with Gasteiger partial charge < -0.3 is 14.9 Å². The lowest BCUT2D eigenvalue weighted by Gasteiger charge is -2.37. The molecule has 3 unspecified atom stereocenters. The molecule has 7 rings (SSSR count). The largest absolute Gasteiger partial charge is 0.508 e. The van der Waals surface area contributed by atoms with Crippen molar-refractivity contribution in [2.45, 2.75) is 91.0 Å². The molecule has 1 N–H and O–H groups in total. The van der Waals surface area contributed by atoms with Gasteiger partial charge in [-0.2, -0.15) is 0 Å². The number of hydrogen-bond donors (Lipinski definition) is 1. The highest BCUT2D eigenvalue weighted by molar-refractivity contribution is 5.94. The maximum Gasteiger partial charge on any atom is 0.254 e. The van der Waals surface area contributed by atoms with Gasteiger partial charge in [-0.25, -0.2) is 27.5 Å². The smallest absolute Gasteiger partial charge is 0.254 e. The average Bonchev–Trinajstić information content (AvgIpc) is 3.59. The zero-order chi connectivity index (χ0) is 32.0. The van der Waals surface area contributed by atoms with Crippen LogP contribution in [0.3, 0.4) is 0 Å². The van der Waals surface area contributed by atoms with Crippen LogP contribution in [-0.4, -0.2) is 63.1 Å². The van der Waals surface area contributed by atoms with Crippen LogP contribution >= 0.6 is 0 Å². The van der Waals surface area contributed by atoms with E-state index in [1.807, 2.05) is 13.8 Å². The van der Waals surface area contributed by atoms with Crippen molar-refractivity contribution in [3.05, 3.63) is 46.9 Å². The number of aromatic nitrogens is 3. The number of fused-ring (bicyclic) bond motifs is 3. The molecule has 3 fully saturated rings. The molecule has 3 saturated heterocycles. The van der Waals surface area contributed by atoms with E-state index in [0.717, 1.165) is 17.5 Å². The van der Waals surface area contributed by atoms with Gasteiger partial charge in [-0.1, -0.05) is 27.7 Å². The number of pyridine rings is 1. The number of alkyl halides is 2. The number of hydrogen-bond acceptors (Lipinski definition) is 6. The van der Waals surface area contributed by atoms with Gasteiger partial charge in [-0.15, -0.1) is 0 Å². The predicted molar refractivity (Wildman–Crippen MR) is 170 cm³/mol. The van der Waals surface area contributed by atoms with Crippen LogP contribution in [0, 0.1) is 17.7 Å². The Morgan fingerprint density at radius 3 is 2.53 bits per heavy atom. The first-order chi connectivity index (χ1) is 21.5. The minimum atomic E-state index is -2.77. The SMILES string of the molecule is CC1CC2CCCN2C1.CCC1=C(F)CCc2cc(O)cc(-c3ncc4c(N5CCC(F)(F)C(C)C5)nc(CC)nc4c3F)c21. The molecule has 6 nitrogen and oxygen atoms in total. The van der Waals surface area contributed by atoms with Crippen LogP contribution in [0.1, 0.15) is 83.2 Å². The summed E-state index contributed by atoms with van der Waals surface area (Å²) in [6, 6.07) is 3.98. The van der Waals surface area contributed by atoms with Gasteiger partial charge in [0.2, 0.25) is 0 Å². The summed E-state index contributed by atoms with van der Waals surface area (Å²) in [5.74, 6) is -2.91. The van der Waals surface area contributed by atoms with Crippen molar-refractivity contribution in [3.63, 3.8) is 0 Å². The Hall–Kier alpha value is -3.27. The molecule has 10 heteroatoms. The van der Waals surface area contributed by atoms with Gasteiger partial charge in [0.25, 0.3) is 5.92 Å². The molecular formula is C35H43F4N5O. The number of aromatic hydroxyl groups is 1. The van der Waals surface area contributed by atoms with Crippen molar-refractivity contribution in [2.75, 3.05) is 31.1 Å². The topological polar surface area (TPSA) is 65.4 Å². The summed E-state index contributed by atoms with van der Waals surface area (Å²) in [4.78, 5) is 17.8. The second kappa shape index (κ2) is 12.5. The van der Waals surface area contributed by atoms with E-state index < -0.39 is 17.7 Å². The molecular weight excluding hydrogens is 582 g/mol. The normalized spacial score (nSPS) is 24.4. The van der Waals surface area contributed by atoms with Gasteiger partial charge in [0.05, 0.1) is 5.39 Å². The summed E-state index contributed by atoms with van der Waals surface area (Å²) in [6.45, 7) is 10.5. The van der Waals surface area contributed by atoms with Crippen molar-refractivity contribution in [3.8, 4) is 17.0 Å². The first-order valence-corrected chi connectivity index (χ1v) is 16.5. The second-order valence-corrected chi connectivity index (χ2v) is 13.3. The Kier molecular flexibility index (Phi) is 8.80. The lowest BCUT2D eigenvalue weighted by molar-refractivity contribution is -0.0652. The van der Waals surface area contributed by atoms with E-state index in [2.05, 4.69) is 26.8 Å². The lowest BCUT2D eigenvalue weighted by atomic mass is 9.84. The molecule has 2 aromatic heterocycles. The first-order valence-electron chi connectivity index (χ1n) is 16.5. The molecule has 0 bridgehead atoms. The number of phenols is 1. The highest BCUT2D eigenvalue weighted by atomic mass is 19.3. The van der Waals surface area contributed by atoms with Crippen molar-refractivity contribution < 1.29 is 22.7 Å². The van der Waals surface area contributed by atoms with Gasteiger partial charge >= 0.3 is 0 Å². The van der Waals surface area contributed by atoms with E-state index in [4.69, 9.17) is 0 Å². The molecule has 3 atom stereocenters. The number of aryl methyl sites for hydroxylation is 2. The van der Waals surface area contributed by atoms with Crippen LogP contribution < -0.4 is 4.90 Å². The third kappa shape index (κ3) is 6.02. The number of piperidine rings is 1. The maximum absolute atomic E-state index is 16.2. The van der Waals surface area contributed by atoms with Crippen LogP contribution in [0.4, 0.5) is 23.4 Å². The molecule has 4 aliphatic rings. The van der Waals surface area contributed by atoms with E-state index in [-0.39, 0.29) is 48.7 Å². The van der Waals surface area contributed by atoms with Gasteiger partial charge in [-0.05, 0) is 73.4 Å². The van der Waals surface area contributed by atoms with E-state index in [1.54, 1.807) is 11.0 Å². The third-order valence-electron chi connectivity index (χ3n) is 10.0. The first kappa shape index (κ1) is 31.7. The van der Waals surface area contributed by atoms with Gasteiger partial charge in [-0.3, -0.25) is 4.98 Å². The number of benzene rings is 1.